The van der Waals surface area contributed by atoms with E-state index in [4.69, 9.17) is 32.7 Å². The minimum Gasteiger partial charge on any atom is -0.503 e. The summed E-state index contributed by atoms with van der Waals surface area (Å²) in [5, 5.41) is 9.05. The number of carboxylic acid groups (broad SMARTS) is 1. The Bertz CT molecular complexity index is 890. The van der Waals surface area contributed by atoms with Crippen molar-refractivity contribution < 1.29 is 37.3 Å². The van der Waals surface area contributed by atoms with Gasteiger partial charge in [0, 0.05) is 12.1 Å². The summed E-state index contributed by atoms with van der Waals surface area (Å²) < 4.78 is 52.0. The number of hydrogen-bond donors (Lipinski definition) is 1. The fourth-order valence-corrected chi connectivity index (χ4v) is 2.90. The van der Waals surface area contributed by atoms with Gasteiger partial charge >= 0.3 is 12.1 Å². The maximum Gasteiger partial charge on any atom is 0.422 e. The number of halogens is 5. The van der Waals surface area contributed by atoms with Crippen molar-refractivity contribution in [3.05, 3.63) is 63.8 Å². The summed E-state index contributed by atoms with van der Waals surface area (Å²) in [4.78, 5) is 11.5. The standard InChI is InChI=1S/C19H15Cl2F3O5/c1-27-9-14(18(25)26)13-5-3-2-4-11(13)8-28-12-6-15(20)17(16(21)7-12)29-10-19(22,23)24/h2-7,9H,8,10H2,1H3,(H,25,26)/b14-9+. The maximum absolute atomic E-state index is 12.3. The topological polar surface area (TPSA) is 65.0 Å². The molecule has 0 atom stereocenters. The van der Waals surface area contributed by atoms with Gasteiger partial charge in [-0.05, 0) is 11.1 Å². The number of carboxylic acids is 1. The van der Waals surface area contributed by atoms with Gasteiger partial charge in [-0.25, -0.2) is 4.79 Å². The first-order valence-corrected chi connectivity index (χ1v) is 8.74. The molecule has 1 N–H and O–H groups in total. The number of methoxy groups -OCH3 is 1. The molecule has 2 aromatic rings. The highest BCUT2D eigenvalue weighted by Crippen LogP contribution is 2.38. The largest absolute Gasteiger partial charge is 0.503 e. The van der Waals surface area contributed by atoms with Crippen LogP contribution in [0.1, 0.15) is 11.1 Å². The Kier molecular flexibility index (Phi) is 7.64. The first-order valence-electron chi connectivity index (χ1n) is 7.98. The Balaban J connectivity index is 2.21. The molecule has 0 spiro atoms. The quantitative estimate of drug-likeness (QED) is 0.419. The van der Waals surface area contributed by atoms with Crippen LogP contribution in [-0.4, -0.2) is 31.0 Å². The average Bonchev–Trinajstić information content (AvgIpc) is 2.63. The van der Waals surface area contributed by atoms with Crippen LogP contribution < -0.4 is 9.47 Å². The average molecular weight is 451 g/mol. The summed E-state index contributed by atoms with van der Waals surface area (Å²) >= 11 is 11.9. The monoisotopic (exact) mass is 450 g/mol. The molecule has 0 fully saturated rings. The maximum atomic E-state index is 12.3. The van der Waals surface area contributed by atoms with Crippen molar-refractivity contribution >= 4 is 34.7 Å². The lowest BCUT2D eigenvalue weighted by Crippen LogP contribution is -2.19. The molecule has 0 saturated carbocycles. The van der Waals surface area contributed by atoms with Crippen molar-refractivity contribution in [3.63, 3.8) is 0 Å². The SMILES string of the molecule is CO/C=C(/C(=O)O)c1ccccc1COc1cc(Cl)c(OCC(F)(F)F)c(Cl)c1. The third-order valence-electron chi connectivity index (χ3n) is 3.52. The van der Waals surface area contributed by atoms with Crippen molar-refractivity contribution in [2.24, 2.45) is 0 Å². The summed E-state index contributed by atoms with van der Waals surface area (Å²) in [6.07, 6.45) is -3.44. The predicted octanol–water partition coefficient (Wildman–Crippen LogP) is 5.59. The molecule has 0 aliphatic rings. The number of benzene rings is 2. The second-order valence-electron chi connectivity index (χ2n) is 5.64. The third-order valence-corrected chi connectivity index (χ3v) is 4.08. The van der Waals surface area contributed by atoms with E-state index in [9.17, 15) is 23.1 Å². The Morgan fingerprint density at radius 3 is 2.31 bits per heavy atom. The van der Waals surface area contributed by atoms with Crippen LogP contribution in [0.15, 0.2) is 42.7 Å². The lowest BCUT2D eigenvalue weighted by molar-refractivity contribution is -0.153. The van der Waals surface area contributed by atoms with Gasteiger partial charge in [-0.1, -0.05) is 47.5 Å². The van der Waals surface area contributed by atoms with E-state index in [1.54, 1.807) is 24.3 Å². The number of alkyl halides is 3. The molecule has 0 aromatic heterocycles. The van der Waals surface area contributed by atoms with Gasteiger partial charge in [0.05, 0.1) is 23.4 Å². The van der Waals surface area contributed by atoms with E-state index in [2.05, 4.69) is 4.74 Å². The van der Waals surface area contributed by atoms with Crippen LogP contribution in [0.25, 0.3) is 5.57 Å². The second kappa shape index (κ2) is 9.76. The van der Waals surface area contributed by atoms with Crippen LogP contribution in [-0.2, 0) is 16.1 Å². The summed E-state index contributed by atoms with van der Waals surface area (Å²) in [6, 6.07) is 9.11. The minimum absolute atomic E-state index is 0.0556. The van der Waals surface area contributed by atoms with Gasteiger partial charge < -0.3 is 19.3 Å². The molecule has 0 bridgehead atoms. The van der Waals surface area contributed by atoms with Crippen LogP contribution in [0.2, 0.25) is 10.0 Å². The van der Waals surface area contributed by atoms with Crippen molar-refractivity contribution in [2.45, 2.75) is 12.8 Å². The van der Waals surface area contributed by atoms with E-state index in [0.717, 1.165) is 6.26 Å². The molecule has 2 aromatic carbocycles. The summed E-state index contributed by atoms with van der Waals surface area (Å²) in [6.45, 7) is -1.59. The van der Waals surface area contributed by atoms with Crippen LogP contribution in [0.3, 0.4) is 0 Å². The highest BCUT2D eigenvalue weighted by Gasteiger charge is 2.29. The van der Waals surface area contributed by atoms with Crippen molar-refractivity contribution in [1.29, 1.82) is 0 Å². The Morgan fingerprint density at radius 2 is 1.76 bits per heavy atom. The van der Waals surface area contributed by atoms with Crippen molar-refractivity contribution in [2.75, 3.05) is 13.7 Å². The van der Waals surface area contributed by atoms with E-state index in [1.807, 2.05) is 0 Å². The fraction of sp³-hybridized carbons (Fsp3) is 0.211. The number of ether oxygens (including phenoxy) is 3. The Labute approximate surface area is 174 Å². The molecule has 0 amide bonds. The lowest BCUT2D eigenvalue weighted by atomic mass is 10.0. The number of rotatable bonds is 8. The molecule has 0 aliphatic carbocycles. The lowest BCUT2D eigenvalue weighted by Gasteiger charge is -2.15. The van der Waals surface area contributed by atoms with Crippen LogP contribution in [0.4, 0.5) is 13.2 Å². The molecular formula is C19H15Cl2F3O5. The van der Waals surface area contributed by atoms with Gasteiger partial charge in [-0.2, -0.15) is 13.2 Å². The second-order valence-corrected chi connectivity index (χ2v) is 6.45. The zero-order valence-corrected chi connectivity index (χ0v) is 16.4. The fourth-order valence-electron chi connectivity index (χ4n) is 2.33. The van der Waals surface area contributed by atoms with Crippen LogP contribution >= 0.6 is 23.2 Å². The van der Waals surface area contributed by atoms with Gasteiger partial charge in [-0.15, -0.1) is 0 Å². The zero-order valence-electron chi connectivity index (χ0n) is 14.9. The van der Waals surface area contributed by atoms with Gasteiger partial charge in [0.15, 0.2) is 12.4 Å². The molecule has 0 saturated heterocycles. The number of carbonyl (C=O) groups is 1. The summed E-state index contributed by atoms with van der Waals surface area (Å²) in [5.74, 6) is -1.33. The Hall–Kier alpha value is -2.58. The predicted molar refractivity (Wildman–Crippen MR) is 101 cm³/mol. The molecule has 2 rings (SSSR count). The van der Waals surface area contributed by atoms with Crippen LogP contribution in [0, 0.1) is 0 Å². The van der Waals surface area contributed by atoms with E-state index in [-0.39, 0.29) is 33.7 Å². The Morgan fingerprint density at radius 1 is 1.14 bits per heavy atom. The van der Waals surface area contributed by atoms with Crippen molar-refractivity contribution in [1.82, 2.24) is 0 Å². The van der Waals surface area contributed by atoms with Gasteiger partial charge in [0.1, 0.15) is 17.9 Å². The number of hydrogen-bond acceptors (Lipinski definition) is 4. The molecule has 0 radical (unpaired) electrons. The van der Waals surface area contributed by atoms with E-state index in [0.29, 0.717) is 11.1 Å². The molecule has 29 heavy (non-hydrogen) atoms. The van der Waals surface area contributed by atoms with Gasteiger partial charge in [0.2, 0.25) is 0 Å². The number of aliphatic carboxylic acids is 1. The normalized spacial score (nSPS) is 11.9. The van der Waals surface area contributed by atoms with Gasteiger partial charge in [-0.3, -0.25) is 0 Å². The molecule has 0 heterocycles. The van der Waals surface area contributed by atoms with Gasteiger partial charge in [0.25, 0.3) is 0 Å². The highest BCUT2D eigenvalue weighted by molar-refractivity contribution is 6.37. The van der Waals surface area contributed by atoms with Crippen LogP contribution in [0.5, 0.6) is 11.5 Å². The molecular weight excluding hydrogens is 436 g/mol. The molecule has 10 heteroatoms. The van der Waals surface area contributed by atoms with E-state index < -0.39 is 18.8 Å². The molecule has 0 aliphatic heterocycles. The minimum atomic E-state index is -4.54. The smallest absolute Gasteiger partial charge is 0.422 e. The summed E-state index contributed by atoms with van der Waals surface area (Å²) in [7, 11) is 1.33. The first kappa shape index (κ1) is 22.7. The summed E-state index contributed by atoms with van der Waals surface area (Å²) in [5.41, 5.74) is 0.839. The molecule has 156 valence electrons. The third kappa shape index (κ3) is 6.47. The zero-order chi connectivity index (χ0) is 21.6. The first-order chi connectivity index (χ1) is 13.6. The molecule has 0 unspecified atom stereocenters. The highest BCUT2D eigenvalue weighted by atomic mass is 35.5. The van der Waals surface area contributed by atoms with Crippen molar-refractivity contribution in [3.8, 4) is 11.5 Å². The van der Waals surface area contributed by atoms with E-state index in [1.165, 1.54) is 19.2 Å². The van der Waals surface area contributed by atoms with E-state index >= 15 is 0 Å². The molecule has 5 nitrogen and oxygen atoms in total.